The van der Waals surface area contributed by atoms with Crippen LogP contribution in [0.25, 0.3) is 5.65 Å². The van der Waals surface area contributed by atoms with Crippen molar-refractivity contribution in [3.8, 4) is 0 Å². The van der Waals surface area contributed by atoms with Crippen molar-refractivity contribution in [1.29, 1.82) is 0 Å². The van der Waals surface area contributed by atoms with E-state index < -0.39 is 0 Å². The highest BCUT2D eigenvalue weighted by molar-refractivity contribution is 6.29. The summed E-state index contributed by atoms with van der Waals surface area (Å²) in [5.74, 6) is 1.69. The van der Waals surface area contributed by atoms with Gasteiger partial charge in [0.25, 0.3) is 5.91 Å². The quantitative estimate of drug-likeness (QED) is 0.391. The molecule has 11 heteroatoms. The first-order chi connectivity index (χ1) is 20.4. The van der Waals surface area contributed by atoms with E-state index in [-0.39, 0.29) is 29.1 Å². The molecule has 1 saturated heterocycles. The van der Waals surface area contributed by atoms with E-state index in [1.54, 1.807) is 6.07 Å². The van der Waals surface area contributed by atoms with Crippen molar-refractivity contribution in [3.63, 3.8) is 0 Å². The van der Waals surface area contributed by atoms with Crippen molar-refractivity contribution in [3.05, 3.63) is 70.9 Å². The van der Waals surface area contributed by atoms with Crippen molar-refractivity contribution in [2.45, 2.75) is 45.1 Å². The number of hydrogen-bond donors (Lipinski definition) is 2. The summed E-state index contributed by atoms with van der Waals surface area (Å²) in [5.41, 5.74) is 3.14. The second kappa shape index (κ2) is 10.8. The Morgan fingerprint density at radius 2 is 1.95 bits per heavy atom. The highest BCUT2D eigenvalue weighted by Gasteiger charge is 2.53. The van der Waals surface area contributed by atoms with E-state index in [2.05, 4.69) is 39.8 Å². The summed E-state index contributed by atoms with van der Waals surface area (Å²) in [6, 6.07) is 3.75. The zero-order chi connectivity index (χ0) is 28.8. The zero-order valence-corrected chi connectivity index (χ0v) is 24.3. The Balaban J connectivity index is 1.02. The van der Waals surface area contributed by atoms with Crippen molar-refractivity contribution in [2.24, 2.45) is 17.3 Å². The molecule has 42 heavy (non-hydrogen) atoms. The van der Waals surface area contributed by atoms with Gasteiger partial charge in [0.15, 0.2) is 0 Å². The summed E-state index contributed by atoms with van der Waals surface area (Å²) in [5, 5.41) is 7.08. The molecule has 3 aliphatic carbocycles. The summed E-state index contributed by atoms with van der Waals surface area (Å²) in [7, 11) is 0. The molecule has 3 atom stereocenters. The molecule has 3 aromatic heterocycles. The van der Waals surface area contributed by atoms with E-state index >= 15 is 0 Å². The average Bonchev–Trinajstić information content (AvgIpc) is 3.92. The fraction of sp³-hybridized carbons (Fsp3) is 0.452. The van der Waals surface area contributed by atoms with E-state index in [1.165, 1.54) is 11.9 Å². The van der Waals surface area contributed by atoms with Crippen molar-refractivity contribution in [2.75, 3.05) is 36.9 Å². The number of nitrogens with zero attached hydrogens (tertiary/aromatic N) is 5. The fourth-order valence-corrected chi connectivity index (χ4v) is 6.60. The van der Waals surface area contributed by atoms with Crippen LogP contribution in [-0.4, -0.2) is 62.4 Å². The molecule has 0 aromatic carbocycles. The Hall–Kier alpha value is -3.76. The minimum absolute atomic E-state index is 0.00180. The van der Waals surface area contributed by atoms with E-state index in [0.29, 0.717) is 61.6 Å². The smallest absolute Gasteiger partial charge is 0.257 e. The van der Waals surface area contributed by atoms with Crippen molar-refractivity contribution in [1.82, 2.24) is 24.3 Å². The number of carbonyl (C=O) groups excluding carboxylic acids is 2. The number of nitrogens with one attached hydrogen (secondary N) is 2. The van der Waals surface area contributed by atoms with Crippen LogP contribution in [0, 0.1) is 17.3 Å². The molecular formula is C31H34ClN7O3. The number of morpholine rings is 1. The predicted molar refractivity (Wildman–Crippen MR) is 159 cm³/mol. The molecule has 3 aromatic rings. The third-order valence-corrected chi connectivity index (χ3v) is 9.11. The average molecular weight is 588 g/mol. The van der Waals surface area contributed by atoms with Gasteiger partial charge in [0, 0.05) is 42.5 Å². The number of anilines is 2. The molecule has 7 rings (SSSR count). The van der Waals surface area contributed by atoms with Crippen LogP contribution in [0.5, 0.6) is 0 Å². The van der Waals surface area contributed by atoms with Gasteiger partial charge in [0.05, 0.1) is 31.0 Å². The number of pyridine rings is 1. The molecule has 2 N–H and O–H groups in total. The Labute approximate surface area is 249 Å². The highest BCUT2D eigenvalue weighted by atomic mass is 35.5. The summed E-state index contributed by atoms with van der Waals surface area (Å²) >= 11 is 6.28. The lowest BCUT2D eigenvalue weighted by Crippen LogP contribution is -2.40. The number of imidazole rings is 1. The number of hydrogen-bond acceptors (Lipinski definition) is 7. The first kappa shape index (κ1) is 27.1. The molecule has 0 bridgehead atoms. The van der Waals surface area contributed by atoms with Crippen molar-refractivity contribution >= 4 is 40.7 Å². The van der Waals surface area contributed by atoms with Gasteiger partial charge in [-0.2, -0.15) is 0 Å². The summed E-state index contributed by atoms with van der Waals surface area (Å²) in [6.45, 7) is 4.85. The predicted octanol–water partition coefficient (Wildman–Crippen LogP) is 4.75. The maximum atomic E-state index is 13.5. The lowest BCUT2D eigenvalue weighted by molar-refractivity contribution is -0.117. The van der Waals surface area contributed by atoms with Crippen LogP contribution in [0.3, 0.4) is 0 Å². The van der Waals surface area contributed by atoms with Gasteiger partial charge in [0.2, 0.25) is 5.91 Å². The Morgan fingerprint density at radius 3 is 2.74 bits per heavy atom. The molecule has 10 nitrogen and oxygen atoms in total. The molecule has 4 aliphatic rings. The molecule has 1 aliphatic heterocycles. The number of rotatable bonds is 8. The number of ether oxygens (including phenoxy) is 1. The molecule has 4 heterocycles. The topological polar surface area (TPSA) is 114 Å². The monoisotopic (exact) mass is 587 g/mol. The van der Waals surface area contributed by atoms with Gasteiger partial charge in [-0.1, -0.05) is 30.7 Å². The number of halogens is 1. The molecule has 1 unspecified atom stereocenters. The number of fused-ring (bicyclic) bond motifs is 1. The number of amides is 2. The van der Waals surface area contributed by atoms with Crippen LogP contribution in [0.2, 0.25) is 0 Å². The van der Waals surface area contributed by atoms with Gasteiger partial charge in [0.1, 0.15) is 23.6 Å². The third kappa shape index (κ3) is 5.53. The maximum Gasteiger partial charge on any atom is 0.257 e. The zero-order valence-electron chi connectivity index (χ0n) is 23.6. The second-order valence-corrected chi connectivity index (χ2v) is 12.5. The largest absolute Gasteiger partial charge is 0.378 e. The molecule has 218 valence electrons. The van der Waals surface area contributed by atoms with E-state index in [0.717, 1.165) is 36.4 Å². The molecule has 3 fully saturated rings. The van der Waals surface area contributed by atoms with Crippen LogP contribution in [0.1, 0.15) is 60.1 Å². The molecule has 2 saturated carbocycles. The lowest BCUT2D eigenvalue weighted by atomic mass is 9.78. The van der Waals surface area contributed by atoms with Crippen LogP contribution < -0.4 is 10.6 Å². The molecule has 0 spiro atoms. The van der Waals surface area contributed by atoms with Crippen LogP contribution >= 0.6 is 11.6 Å². The van der Waals surface area contributed by atoms with Gasteiger partial charge in [-0.15, -0.1) is 0 Å². The van der Waals surface area contributed by atoms with Crippen LogP contribution in [0.4, 0.5) is 11.6 Å². The first-order valence-corrected chi connectivity index (χ1v) is 15.0. The number of carbonyl (C=O) groups is 2. The fourth-order valence-electron chi connectivity index (χ4n) is 6.24. The lowest BCUT2D eigenvalue weighted by Gasteiger charge is -2.28. The Bertz CT molecular complexity index is 1610. The number of aromatic nitrogens is 4. The van der Waals surface area contributed by atoms with Gasteiger partial charge < -0.3 is 24.7 Å². The third-order valence-electron chi connectivity index (χ3n) is 8.85. The van der Waals surface area contributed by atoms with Gasteiger partial charge in [-0.25, -0.2) is 15.0 Å². The summed E-state index contributed by atoms with van der Waals surface area (Å²) in [6.07, 6.45) is 15.4. The minimum Gasteiger partial charge on any atom is -0.378 e. The highest BCUT2D eigenvalue weighted by Crippen LogP contribution is 2.56. The van der Waals surface area contributed by atoms with Crippen molar-refractivity contribution < 1.29 is 14.3 Å². The Kier molecular flexibility index (Phi) is 6.98. The van der Waals surface area contributed by atoms with Gasteiger partial charge >= 0.3 is 0 Å². The van der Waals surface area contributed by atoms with Crippen LogP contribution in [0.15, 0.2) is 54.1 Å². The van der Waals surface area contributed by atoms with E-state index in [4.69, 9.17) is 21.3 Å². The van der Waals surface area contributed by atoms with Gasteiger partial charge in [-0.3, -0.25) is 9.59 Å². The first-order valence-electron chi connectivity index (χ1n) is 14.7. The molecule has 2 amide bonds. The minimum atomic E-state index is -0.105. The SMILES string of the molecule is CC1([C@H]2C[C@@H]2C(=O)Nc2cc(NCc3cn4cc(C5CC5)cc(C(=O)N5CCOCC5)c4n3)ncn2)C=CC=C(Cl)C1. The van der Waals surface area contributed by atoms with E-state index in [1.807, 2.05) is 33.7 Å². The summed E-state index contributed by atoms with van der Waals surface area (Å²) in [4.78, 5) is 41.7. The normalized spacial score (nSPS) is 25.3. The van der Waals surface area contributed by atoms with E-state index in [9.17, 15) is 9.59 Å². The summed E-state index contributed by atoms with van der Waals surface area (Å²) < 4.78 is 7.41. The standard InChI is InChI=1S/C31H34ClN7O3/c1-31(6-2-3-21(32)14-31)25-12-23(25)29(40)37-27-13-26(34-18-35-27)33-15-22-17-39-16-20(19-4-5-19)11-24(28(39)36-22)30(41)38-7-9-42-10-8-38/h2-3,6,11,13,16-19,23,25H,4-5,7-10,12,14-15H2,1H3,(H2,33,34,35,37,40)/t23-,25-,31?/m0/s1. The van der Waals surface area contributed by atoms with Crippen LogP contribution in [-0.2, 0) is 16.1 Å². The second-order valence-electron chi connectivity index (χ2n) is 12.1. The van der Waals surface area contributed by atoms with Gasteiger partial charge in [-0.05, 0) is 60.6 Å². The Morgan fingerprint density at radius 1 is 1.14 bits per heavy atom. The molecular weight excluding hydrogens is 554 g/mol. The molecule has 0 radical (unpaired) electrons. The maximum absolute atomic E-state index is 13.5. The number of allylic oxidation sites excluding steroid dienone is 4.